The van der Waals surface area contributed by atoms with Gasteiger partial charge >= 0.3 is 0 Å². The third-order valence-electron chi connectivity index (χ3n) is 5.78. The molecule has 0 heterocycles. The summed E-state index contributed by atoms with van der Waals surface area (Å²) in [4.78, 5) is 17.5. The predicted molar refractivity (Wildman–Crippen MR) is 116 cm³/mol. The Morgan fingerprint density at radius 3 is 2.21 bits per heavy atom. The number of carbonyl (C=O) groups excluding carboxylic acids is 1. The van der Waals surface area contributed by atoms with Crippen molar-refractivity contribution in [3.63, 3.8) is 0 Å². The number of anilines is 1. The summed E-state index contributed by atoms with van der Waals surface area (Å²) < 4.78 is 10.9. The van der Waals surface area contributed by atoms with Crippen LogP contribution in [0.5, 0.6) is 0 Å². The van der Waals surface area contributed by atoms with Crippen molar-refractivity contribution in [3.8, 4) is 0 Å². The van der Waals surface area contributed by atoms with Gasteiger partial charge in [-0.05, 0) is 37.6 Å². The summed E-state index contributed by atoms with van der Waals surface area (Å²) in [5.74, 6) is 0.0953. The molecule has 0 radical (unpaired) electrons. The number of ether oxygens (including phenoxy) is 2. The minimum absolute atomic E-state index is 0.0559. The quantitative estimate of drug-likeness (QED) is 0.648. The Morgan fingerprint density at radius 2 is 1.59 bits per heavy atom. The van der Waals surface area contributed by atoms with E-state index in [-0.39, 0.29) is 24.1 Å². The van der Waals surface area contributed by atoms with Crippen LogP contribution in [0.1, 0.15) is 24.8 Å². The molecular weight excluding hydrogens is 364 g/mol. The number of likely N-dealkylation sites (N-methyl/N-ethyl adjacent to an activating group) is 1. The van der Waals surface area contributed by atoms with Crippen LogP contribution in [0, 0.1) is 0 Å². The Morgan fingerprint density at radius 1 is 0.966 bits per heavy atom. The normalized spacial score (nSPS) is 21.4. The van der Waals surface area contributed by atoms with Crippen LogP contribution in [0.3, 0.4) is 0 Å². The lowest BCUT2D eigenvalue weighted by molar-refractivity contribution is -0.120. The van der Waals surface area contributed by atoms with Crippen molar-refractivity contribution in [2.75, 3.05) is 32.8 Å². The van der Waals surface area contributed by atoms with Gasteiger partial charge in [0.05, 0.1) is 25.2 Å². The number of rotatable bonds is 9. The maximum Gasteiger partial charge on any atom is 0.229 e. The highest BCUT2D eigenvalue weighted by molar-refractivity contribution is 5.94. The van der Waals surface area contributed by atoms with Crippen LogP contribution in [0.2, 0.25) is 0 Å². The summed E-state index contributed by atoms with van der Waals surface area (Å²) in [5, 5.41) is 0. The largest absolute Gasteiger partial charge is 0.384 e. The summed E-state index contributed by atoms with van der Waals surface area (Å²) in [6.45, 7) is 1.26. The number of hydrogen-bond acceptors (Lipinski definition) is 4. The Hall–Kier alpha value is -2.21. The maximum atomic E-state index is 13.2. The number of methoxy groups -OCH3 is 2. The van der Waals surface area contributed by atoms with Gasteiger partial charge in [0.25, 0.3) is 0 Å². The molecule has 2 aromatic carbocycles. The number of benzene rings is 2. The van der Waals surface area contributed by atoms with Crippen LogP contribution in [0.4, 0.5) is 5.69 Å². The topological polar surface area (TPSA) is 42.0 Å². The summed E-state index contributed by atoms with van der Waals surface area (Å²) in [7, 11) is 5.54. The third-order valence-corrected chi connectivity index (χ3v) is 5.78. The fraction of sp³-hybridized carbons (Fsp3) is 0.458. The van der Waals surface area contributed by atoms with E-state index in [4.69, 9.17) is 9.47 Å². The van der Waals surface area contributed by atoms with Crippen LogP contribution < -0.4 is 4.90 Å². The SMILES string of the molecule is COCCC(=O)N(c1ccccc1)C1CC(OC)CC1N(C)Cc1ccccc1. The summed E-state index contributed by atoms with van der Waals surface area (Å²) in [6, 6.07) is 20.7. The molecule has 3 atom stereocenters. The molecule has 0 bridgehead atoms. The molecule has 1 amide bonds. The van der Waals surface area contributed by atoms with Crippen molar-refractivity contribution in [1.29, 1.82) is 0 Å². The lowest BCUT2D eigenvalue weighted by Gasteiger charge is -2.37. The van der Waals surface area contributed by atoms with E-state index < -0.39 is 0 Å². The zero-order valence-corrected chi connectivity index (χ0v) is 17.7. The van der Waals surface area contributed by atoms with Crippen LogP contribution in [-0.2, 0) is 20.8 Å². The van der Waals surface area contributed by atoms with Crippen LogP contribution in [-0.4, -0.2) is 56.9 Å². The highest BCUT2D eigenvalue weighted by Crippen LogP contribution is 2.34. The second kappa shape index (κ2) is 10.5. The van der Waals surface area contributed by atoms with E-state index in [1.165, 1.54) is 5.56 Å². The molecule has 1 fully saturated rings. The van der Waals surface area contributed by atoms with Crippen molar-refractivity contribution in [2.24, 2.45) is 0 Å². The molecule has 5 heteroatoms. The second-order valence-electron chi connectivity index (χ2n) is 7.71. The molecule has 1 aliphatic rings. The van der Waals surface area contributed by atoms with E-state index in [9.17, 15) is 4.79 Å². The van der Waals surface area contributed by atoms with Gasteiger partial charge < -0.3 is 14.4 Å². The minimum Gasteiger partial charge on any atom is -0.384 e. The van der Waals surface area contributed by atoms with Gasteiger partial charge in [-0.2, -0.15) is 0 Å². The third kappa shape index (κ3) is 5.44. The van der Waals surface area contributed by atoms with Gasteiger partial charge in [0.15, 0.2) is 0 Å². The van der Waals surface area contributed by atoms with Gasteiger partial charge in [0, 0.05) is 32.5 Å². The Balaban J connectivity index is 1.87. The second-order valence-corrected chi connectivity index (χ2v) is 7.71. The number of carbonyl (C=O) groups is 1. The van der Waals surface area contributed by atoms with Gasteiger partial charge in [-0.25, -0.2) is 0 Å². The molecular formula is C24H32N2O3. The first kappa shape index (κ1) is 21.5. The van der Waals surface area contributed by atoms with Crippen molar-refractivity contribution >= 4 is 11.6 Å². The Labute approximate surface area is 174 Å². The van der Waals surface area contributed by atoms with E-state index in [0.29, 0.717) is 13.0 Å². The van der Waals surface area contributed by atoms with E-state index in [0.717, 1.165) is 25.1 Å². The van der Waals surface area contributed by atoms with Crippen LogP contribution in [0.25, 0.3) is 0 Å². The lowest BCUT2D eigenvalue weighted by Crippen LogP contribution is -2.50. The Kier molecular flexibility index (Phi) is 7.81. The zero-order valence-electron chi connectivity index (χ0n) is 17.7. The van der Waals surface area contributed by atoms with Gasteiger partial charge in [0.2, 0.25) is 5.91 Å². The predicted octanol–water partition coefficient (Wildman–Crippen LogP) is 3.73. The summed E-state index contributed by atoms with van der Waals surface area (Å²) in [5.41, 5.74) is 2.21. The van der Waals surface area contributed by atoms with E-state index in [1.54, 1.807) is 14.2 Å². The van der Waals surface area contributed by atoms with Crippen LogP contribution >= 0.6 is 0 Å². The van der Waals surface area contributed by atoms with Gasteiger partial charge in [-0.3, -0.25) is 9.69 Å². The molecule has 5 nitrogen and oxygen atoms in total. The van der Waals surface area contributed by atoms with Crippen molar-refractivity contribution in [3.05, 3.63) is 66.2 Å². The summed E-state index contributed by atoms with van der Waals surface area (Å²) in [6.07, 6.45) is 2.25. The van der Waals surface area contributed by atoms with Crippen molar-refractivity contribution < 1.29 is 14.3 Å². The zero-order chi connectivity index (χ0) is 20.6. The standard InChI is InChI=1S/C24H32N2O3/c1-25(18-19-10-6-4-7-11-19)22-16-21(29-3)17-23(22)26(24(27)14-15-28-2)20-12-8-5-9-13-20/h4-13,21-23H,14-18H2,1-3H3. The minimum atomic E-state index is 0.0559. The highest BCUT2D eigenvalue weighted by atomic mass is 16.5. The first-order valence-electron chi connectivity index (χ1n) is 10.3. The van der Waals surface area contributed by atoms with Crippen molar-refractivity contribution in [2.45, 2.75) is 44.0 Å². The molecule has 3 unspecified atom stereocenters. The number of hydrogen-bond donors (Lipinski definition) is 0. The van der Waals surface area contributed by atoms with Crippen LogP contribution in [0.15, 0.2) is 60.7 Å². The van der Waals surface area contributed by atoms with E-state index >= 15 is 0 Å². The molecule has 29 heavy (non-hydrogen) atoms. The molecule has 156 valence electrons. The maximum absolute atomic E-state index is 13.2. The molecule has 2 aromatic rings. The van der Waals surface area contributed by atoms with Gasteiger partial charge in [-0.15, -0.1) is 0 Å². The molecule has 0 N–H and O–H groups in total. The van der Waals surface area contributed by atoms with Gasteiger partial charge in [0.1, 0.15) is 0 Å². The monoisotopic (exact) mass is 396 g/mol. The molecule has 0 spiro atoms. The summed E-state index contributed by atoms with van der Waals surface area (Å²) >= 11 is 0. The fourth-order valence-electron chi connectivity index (χ4n) is 4.30. The average Bonchev–Trinajstić information content (AvgIpc) is 3.18. The first-order valence-corrected chi connectivity index (χ1v) is 10.3. The molecule has 0 saturated heterocycles. The number of nitrogens with zero attached hydrogens (tertiary/aromatic N) is 2. The van der Waals surface area contributed by atoms with Gasteiger partial charge in [-0.1, -0.05) is 48.5 Å². The Bertz CT molecular complexity index is 753. The van der Waals surface area contributed by atoms with E-state index in [1.807, 2.05) is 41.3 Å². The molecule has 1 aliphatic carbocycles. The highest BCUT2D eigenvalue weighted by Gasteiger charge is 2.42. The fourth-order valence-corrected chi connectivity index (χ4v) is 4.30. The number of amides is 1. The van der Waals surface area contributed by atoms with E-state index in [2.05, 4.69) is 36.2 Å². The molecule has 0 aromatic heterocycles. The average molecular weight is 397 g/mol. The van der Waals surface area contributed by atoms with Crippen molar-refractivity contribution in [1.82, 2.24) is 4.90 Å². The lowest BCUT2D eigenvalue weighted by atomic mass is 10.1. The smallest absolute Gasteiger partial charge is 0.229 e. The molecule has 0 aliphatic heterocycles. The molecule has 1 saturated carbocycles. The molecule has 3 rings (SSSR count). The first-order chi connectivity index (χ1) is 14.1. The number of para-hydroxylation sites is 1.